The first kappa shape index (κ1) is 14.7. The number of anilines is 1. The number of rotatable bonds is 2. The normalized spacial score (nSPS) is 19.9. The highest BCUT2D eigenvalue weighted by atomic mass is 15.5. The Labute approximate surface area is 139 Å². The molecule has 1 fully saturated rings. The Bertz CT molecular complexity index is 769. The van der Waals surface area contributed by atoms with Gasteiger partial charge in [0, 0.05) is 5.69 Å². The number of aliphatic imine (C=N–C) groups is 2. The second-order valence-electron chi connectivity index (χ2n) is 6.15. The first-order valence-electron chi connectivity index (χ1n) is 8.14. The van der Waals surface area contributed by atoms with Crippen molar-refractivity contribution in [1.82, 2.24) is 15.0 Å². The number of aromatic nitrogens is 3. The van der Waals surface area contributed by atoms with Crippen molar-refractivity contribution in [3.8, 4) is 5.69 Å². The van der Waals surface area contributed by atoms with Gasteiger partial charge in [0.25, 0.3) is 0 Å². The lowest BCUT2D eigenvalue weighted by Crippen LogP contribution is -2.58. The van der Waals surface area contributed by atoms with Crippen LogP contribution in [0.15, 0.2) is 46.6 Å². The van der Waals surface area contributed by atoms with E-state index in [1.807, 2.05) is 29.2 Å². The van der Waals surface area contributed by atoms with Gasteiger partial charge in [-0.15, -0.1) is 0 Å². The van der Waals surface area contributed by atoms with Crippen molar-refractivity contribution in [2.45, 2.75) is 37.8 Å². The molecule has 2 aromatic rings. The molecule has 8 nitrogen and oxygen atoms in total. The van der Waals surface area contributed by atoms with E-state index < -0.39 is 5.66 Å². The Kier molecular flexibility index (Phi) is 3.44. The van der Waals surface area contributed by atoms with E-state index in [4.69, 9.17) is 11.5 Å². The number of benzene rings is 1. The van der Waals surface area contributed by atoms with Crippen LogP contribution in [0, 0.1) is 0 Å². The van der Waals surface area contributed by atoms with Crippen LogP contribution >= 0.6 is 0 Å². The van der Waals surface area contributed by atoms with Gasteiger partial charge in [0.15, 0.2) is 0 Å². The molecule has 1 spiro atoms. The van der Waals surface area contributed by atoms with E-state index >= 15 is 0 Å². The van der Waals surface area contributed by atoms with Crippen molar-refractivity contribution in [2.24, 2.45) is 21.5 Å². The van der Waals surface area contributed by atoms with Crippen LogP contribution in [0.3, 0.4) is 0 Å². The molecule has 0 radical (unpaired) electrons. The predicted octanol–water partition coefficient (Wildman–Crippen LogP) is 1.38. The van der Waals surface area contributed by atoms with Crippen LogP contribution in [-0.4, -0.2) is 32.6 Å². The van der Waals surface area contributed by atoms with Gasteiger partial charge in [-0.2, -0.15) is 20.0 Å². The highest BCUT2D eigenvalue weighted by Gasteiger charge is 2.42. The van der Waals surface area contributed by atoms with E-state index in [0.29, 0.717) is 5.96 Å². The zero-order valence-corrected chi connectivity index (χ0v) is 13.3. The predicted molar refractivity (Wildman–Crippen MR) is 92.9 cm³/mol. The summed E-state index contributed by atoms with van der Waals surface area (Å²) in [4.78, 5) is 12.4. The molecule has 1 aliphatic carbocycles. The second kappa shape index (κ2) is 5.63. The van der Waals surface area contributed by atoms with Crippen LogP contribution in [0.25, 0.3) is 5.69 Å². The summed E-state index contributed by atoms with van der Waals surface area (Å²) in [5.41, 5.74) is 13.5. The summed E-state index contributed by atoms with van der Waals surface area (Å²) in [5, 5.41) is 8.28. The summed E-state index contributed by atoms with van der Waals surface area (Å²) < 4.78 is 0. The van der Waals surface area contributed by atoms with Crippen molar-refractivity contribution < 1.29 is 0 Å². The average molecular weight is 324 g/mol. The molecule has 0 bridgehead atoms. The summed E-state index contributed by atoms with van der Waals surface area (Å²) in [6.07, 6.45) is 8.58. The summed E-state index contributed by atoms with van der Waals surface area (Å²) in [5.74, 6) is 0.664. The van der Waals surface area contributed by atoms with Crippen molar-refractivity contribution >= 4 is 17.6 Å². The fourth-order valence-corrected chi connectivity index (χ4v) is 3.58. The molecule has 1 aliphatic heterocycles. The van der Waals surface area contributed by atoms with Crippen LogP contribution in [0.1, 0.15) is 32.1 Å². The third-order valence-corrected chi connectivity index (χ3v) is 4.61. The molecule has 124 valence electrons. The number of nitrogens with two attached hydrogens (primary N) is 2. The van der Waals surface area contributed by atoms with Crippen LogP contribution in [0.2, 0.25) is 0 Å². The molecule has 2 aliphatic rings. The van der Waals surface area contributed by atoms with Gasteiger partial charge in [0.2, 0.25) is 11.9 Å². The molecule has 4 rings (SSSR count). The second-order valence-corrected chi connectivity index (χ2v) is 6.15. The molecule has 0 unspecified atom stereocenters. The van der Waals surface area contributed by atoms with E-state index in [1.54, 1.807) is 17.2 Å². The molecular weight excluding hydrogens is 304 g/mol. The molecule has 24 heavy (non-hydrogen) atoms. The van der Waals surface area contributed by atoms with E-state index in [1.165, 1.54) is 6.42 Å². The Hall–Kier alpha value is -2.90. The molecule has 1 aromatic heterocycles. The lowest BCUT2D eigenvalue weighted by Gasteiger charge is -2.45. The van der Waals surface area contributed by atoms with Crippen LogP contribution < -0.4 is 16.4 Å². The minimum Gasteiger partial charge on any atom is -0.369 e. The molecule has 0 saturated heterocycles. The maximum absolute atomic E-state index is 6.22. The number of nitrogens with zero attached hydrogens (tertiary/aromatic N) is 6. The van der Waals surface area contributed by atoms with Crippen molar-refractivity contribution in [3.05, 3.63) is 36.7 Å². The number of guanidine groups is 2. The Morgan fingerprint density at radius 1 is 0.875 bits per heavy atom. The third kappa shape index (κ3) is 2.40. The Morgan fingerprint density at radius 2 is 1.50 bits per heavy atom. The van der Waals surface area contributed by atoms with Crippen molar-refractivity contribution in [1.29, 1.82) is 0 Å². The van der Waals surface area contributed by atoms with E-state index in [0.717, 1.165) is 37.1 Å². The molecular formula is C16H20N8. The lowest BCUT2D eigenvalue weighted by molar-refractivity contribution is 0.305. The third-order valence-electron chi connectivity index (χ3n) is 4.61. The molecule has 1 aromatic carbocycles. The van der Waals surface area contributed by atoms with Crippen molar-refractivity contribution in [3.63, 3.8) is 0 Å². The van der Waals surface area contributed by atoms with Gasteiger partial charge in [0.1, 0.15) is 5.66 Å². The fourth-order valence-electron chi connectivity index (χ4n) is 3.58. The molecule has 0 amide bonds. The smallest absolute Gasteiger partial charge is 0.220 e. The van der Waals surface area contributed by atoms with Gasteiger partial charge in [-0.05, 0) is 49.9 Å². The first-order chi connectivity index (χ1) is 11.7. The largest absolute Gasteiger partial charge is 0.369 e. The van der Waals surface area contributed by atoms with Crippen LogP contribution in [-0.2, 0) is 0 Å². The quantitative estimate of drug-likeness (QED) is 0.867. The summed E-state index contributed by atoms with van der Waals surface area (Å²) in [6, 6.07) is 7.91. The van der Waals surface area contributed by atoms with Gasteiger partial charge < -0.3 is 11.5 Å². The molecule has 8 heteroatoms. The zero-order valence-electron chi connectivity index (χ0n) is 13.3. The van der Waals surface area contributed by atoms with Crippen molar-refractivity contribution in [2.75, 3.05) is 4.90 Å². The van der Waals surface area contributed by atoms with Crippen LogP contribution in [0.5, 0.6) is 0 Å². The minimum absolute atomic E-state index is 0.267. The fraction of sp³-hybridized carbons (Fsp3) is 0.375. The lowest BCUT2D eigenvalue weighted by atomic mass is 9.87. The van der Waals surface area contributed by atoms with Crippen LogP contribution in [0.4, 0.5) is 5.69 Å². The first-order valence-corrected chi connectivity index (χ1v) is 8.14. The Balaban J connectivity index is 1.71. The molecule has 1 saturated carbocycles. The highest BCUT2D eigenvalue weighted by molar-refractivity contribution is 6.05. The topological polar surface area (TPSA) is 111 Å². The number of hydrogen-bond acceptors (Lipinski definition) is 7. The minimum atomic E-state index is -0.417. The maximum atomic E-state index is 6.22. The molecule has 2 heterocycles. The van der Waals surface area contributed by atoms with Gasteiger partial charge in [-0.3, -0.25) is 4.90 Å². The van der Waals surface area contributed by atoms with E-state index in [2.05, 4.69) is 20.2 Å². The summed E-state index contributed by atoms with van der Waals surface area (Å²) in [6.45, 7) is 0. The van der Waals surface area contributed by atoms with Gasteiger partial charge in [-0.25, -0.2) is 4.99 Å². The standard InChI is InChI=1S/C16H20N8/c17-14-21-15(18)23(16(22-14)8-2-1-3-9-16)12-4-6-13(7-5-12)24-19-10-11-20-24/h4-7,10-11H,1-3,8-9H2,(H4,17,18,21,22). The molecule has 4 N–H and O–H groups in total. The number of hydrogen-bond donors (Lipinski definition) is 2. The maximum Gasteiger partial charge on any atom is 0.220 e. The summed E-state index contributed by atoms with van der Waals surface area (Å²) in [7, 11) is 0. The SMILES string of the molecule is NC1=NC2(CCCCC2)N(c2ccc(-n3nccn3)cc2)C(N)=N1. The van der Waals surface area contributed by atoms with Gasteiger partial charge in [0.05, 0.1) is 18.1 Å². The summed E-state index contributed by atoms with van der Waals surface area (Å²) >= 11 is 0. The van der Waals surface area contributed by atoms with E-state index in [-0.39, 0.29) is 5.96 Å². The average Bonchev–Trinajstić information content (AvgIpc) is 3.10. The van der Waals surface area contributed by atoms with Gasteiger partial charge in [-0.1, -0.05) is 6.42 Å². The Morgan fingerprint density at radius 3 is 2.17 bits per heavy atom. The zero-order chi connectivity index (χ0) is 16.6. The van der Waals surface area contributed by atoms with Gasteiger partial charge >= 0.3 is 0 Å². The van der Waals surface area contributed by atoms with E-state index in [9.17, 15) is 0 Å². The monoisotopic (exact) mass is 324 g/mol. The molecule has 0 atom stereocenters. The highest BCUT2D eigenvalue weighted by Crippen LogP contribution is 2.39.